The summed E-state index contributed by atoms with van der Waals surface area (Å²) in [5, 5.41) is 12.8. The molecule has 0 saturated carbocycles. The van der Waals surface area contributed by atoms with E-state index >= 15 is 0 Å². The highest BCUT2D eigenvalue weighted by Crippen LogP contribution is 2.18. The fourth-order valence-corrected chi connectivity index (χ4v) is 1.65. The molecule has 102 valence electrons. The van der Waals surface area contributed by atoms with Gasteiger partial charge in [-0.25, -0.2) is 0 Å². The molecule has 4 nitrogen and oxygen atoms in total. The first-order valence-electron chi connectivity index (χ1n) is 6.21. The first kappa shape index (κ1) is 15.0. The van der Waals surface area contributed by atoms with E-state index in [2.05, 4.69) is 11.4 Å². The van der Waals surface area contributed by atoms with Gasteiger partial charge in [0.15, 0.2) is 0 Å². The van der Waals surface area contributed by atoms with Crippen molar-refractivity contribution < 1.29 is 14.6 Å². The van der Waals surface area contributed by atoms with Crippen LogP contribution in [0.2, 0.25) is 0 Å². The van der Waals surface area contributed by atoms with Crippen LogP contribution in [-0.4, -0.2) is 44.6 Å². The van der Waals surface area contributed by atoms with E-state index < -0.39 is 6.10 Å². The Bertz CT molecular complexity index is 355. The summed E-state index contributed by atoms with van der Waals surface area (Å²) in [6, 6.07) is 6.01. The fourth-order valence-electron chi connectivity index (χ4n) is 1.65. The van der Waals surface area contributed by atoms with Gasteiger partial charge in [0.25, 0.3) is 0 Å². The number of hydrogen-bond donors (Lipinski definition) is 2. The van der Waals surface area contributed by atoms with Crippen LogP contribution in [0.4, 0.5) is 0 Å². The van der Waals surface area contributed by atoms with Crippen molar-refractivity contribution in [2.75, 3.05) is 33.4 Å². The van der Waals surface area contributed by atoms with Crippen molar-refractivity contribution in [1.29, 1.82) is 0 Å². The summed E-state index contributed by atoms with van der Waals surface area (Å²) in [5.41, 5.74) is 2.30. The third-order valence-electron chi connectivity index (χ3n) is 2.62. The lowest BCUT2D eigenvalue weighted by molar-refractivity contribution is 0.103. The second-order valence-electron chi connectivity index (χ2n) is 4.43. The number of benzene rings is 1. The summed E-state index contributed by atoms with van der Waals surface area (Å²) < 4.78 is 10.5. The molecule has 4 heteroatoms. The minimum Gasteiger partial charge on any atom is -0.491 e. The van der Waals surface area contributed by atoms with E-state index in [0.29, 0.717) is 19.8 Å². The van der Waals surface area contributed by atoms with Crippen LogP contribution < -0.4 is 10.1 Å². The molecule has 0 spiro atoms. The number of methoxy groups -OCH3 is 1. The van der Waals surface area contributed by atoms with Gasteiger partial charge in [0.05, 0.1) is 6.61 Å². The van der Waals surface area contributed by atoms with E-state index in [1.165, 1.54) is 5.56 Å². The Labute approximate surface area is 109 Å². The van der Waals surface area contributed by atoms with Crippen LogP contribution >= 0.6 is 0 Å². The molecule has 0 aromatic heterocycles. The molecule has 0 saturated heterocycles. The third-order valence-corrected chi connectivity index (χ3v) is 2.62. The van der Waals surface area contributed by atoms with Gasteiger partial charge < -0.3 is 19.9 Å². The number of aliphatic hydroxyl groups excluding tert-OH is 1. The van der Waals surface area contributed by atoms with E-state index in [1.807, 2.05) is 26.0 Å². The van der Waals surface area contributed by atoms with Crippen LogP contribution in [0.15, 0.2) is 18.2 Å². The van der Waals surface area contributed by atoms with Gasteiger partial charge in [0.2, 0.25) is 0 Å². The lowest BCUT2D eigenvalue weighted by Gasteiger charge is -2.14. The standard InChI is InChI=1S/C14H23NO3/c1-11-4-5-14(12(2)8-11)18-10-13(16)9-15-6-7-17-3/h4-5,8,13,15-16H,6-7,9-10H2,1-3H3. The highest BCUT2D eigenvalue weighted by molar-refractivity contribution is 5.35. The smallest absolute Gasteiger partial charge is 0.122 e. The van der Waals surface area contributed by atoms with E-state index in [9.17, 15) is 5.11 Å². The molecule has 0 aliphatic heterocycles. The SMILES string of the molecule is COCCNCC(O)COc1ccc(C)cc1C. The fraction of sp³-hybridized carbons (Fsp3) is 0.571. The maximum absolute atomic E-state index is 9.73. The van der Waals surface area contributed by atoms with Crippen molar-refractivity contribution in [2.45, 2.75) is 20.0 Å². The van der Waals surface area contributed by atoms with Gasteiger partial charge in [-0.1, -0.05) is 17.7 Å². The second-order valence-corrected chi connectivity index (χ2v) is 4.43. The van der Waals surface area contributed by atoms with Crippen LogP contribution in [0.25, 0.3) is 0 Å². The average Bonchev–Trinajstić information content (AvgIpc) is 2.33. The quantitative estimate of drug-likeness (QED) is 0.685. The molecule has 1 rings (SSSR count). The van der Waals surface area contributed by atoms with Gasteiger partial charge in [-0.05, 0) is 25.5 Å². The van der Waals surface area contributed by atoms with Crippen LogP contribution in [0.1, 0.15) is 11.1 Å². The van der Waals surface area contributed by atoms with Gasteiger partial charge in [-0.15, -0.1) is 0 Å². The molecular formula is C14H23NO3. The summed E-state index contributed by atoms with van der Waals surface area (Å²) in [7, 11) is 1.65. The van der Waals surface area contributed by atoms with Crippen LogP contribution in [0, 0.1) is 13.8 Å². The van der Waals surface area contributed by atoms with Crippen molar-refractivity contribution in [2.24, 2.45) is 0 Å². The lowest BCUT2D eigenvalue weighted by Crippen LogP contribution is -2.33. The summed E-state index contributed by atoms with van der Waals surface area (Å²) in [6.07, 6.45) is -0.512. The largest absolute Gasteiger partial charge is 0.491 e. The summed E-state index contributed by atoms with van der Waals surface area (Å²) >= 11 is 0. The zero-order valence-corrected chi connectivity index (χ0v) is 11.4. The lowest BCUT2D eigenvalue weighted by atomic mass is 10.1. The molecular weight excluding hydrogens is 230 g/mol. The molecule has 1 atom stereocenters. The van der Waals surface area contributed by atoms with Gasteiger partial charge in [-0.2, -0.15) is 0 Å². The number of aryl methyl sites for hydroxylation is 2. The molecule has 18 heavy (non-hydrogen) atoms. The number of aliphatic hydroxyl groups is 1. The second kappa shape index (κ2) is 8.08. The Kier molecular flexibility index (Phi) is 6.72. The summed E-state index contributed by atoms with van der Waals surface area (Å²) in [6.45, 7) is 6.23. The molecule has 1 aromatic carbocycles. The minimum absolute atomic E-state index is 0.296. The molecule has 2 N–H and O–H groups in total. The summed E-state index contributed by atoms with van der Waals surface area (Å²) in [4.78, 5) is 0. The van der Waals surface area contributed by atoms with E-state index in [-0.39, 0.29) is 0 Å². The molecule has 0 heterocycles. The first-order valence-corrected chi connectivity index (χ1v) is 6.21. The van der Waals surface area contributed by atoms with Gasteiger partial charge in [-0.3, -0.25) is 0 Å². The number of rotatable bonds is 8. The molecule has 0 radical (unpaired) electrons. The molecule has 0 aliphatic carbocycles. The zero-order valence-electron chi connectivity index (χ0n) is 11.4. The molecule has 0 fully saturated rings. The summed E-state index contributed by atoms with van der Waals surface area (Å²) in [5.74, 6) is 0.830. The Hall–Kier alpha value is -1.10. The third kappa shape index (κ3) is 5.49. The molecule has 0 amide bonds. The zero-order chi connectivity index (χ0) is 13.4. The Balaban J connectivity index is 2.27. The number of nitrogens with one attached hydrogen (secondary N) is 1. The number of hydrogen-bond acceptors (Lipinski definition) is 4. The average molecular weight is 253 g/mol. The van der Waals surface area contributed by atoms with Crippen molar-refractivity contribution in [3.63, 3.8) is 0 Å². The van der Waals surface area contributed by atoms with Crippen LogP contribution in [0.5, 0.6) is 5.75 Å². The van der Waals surface area contributed by atoms with E-state index in [1.54, 1.807) is 7.11 Å². The van der Waals surface area contributed by atoms with Crippen molar-refractivity contribution in [3.05, 3.63) is 29.3 Å². The normalized spacial score (nSPS) is 12.4. The Morgan fingerprint density at radius 3 is 2.78 bits per heavy atom. The molecule has 1 aromatic rings. The van der Waals surface area contributed by atoms with Crippen molar-refractivity contribution in [1.82, 2.24) is 5.32 Å². The van der Waals surface area contributed by atoms with E-state index in [0.717, 1.165) is 17.9 Å². The minimum atomic E-state index is -0.512. The van der Waals surface area contributed by atoms with E-state index in [4.69, 9.17) is 9.47 Å². The molecule has 1 unspecified atom stereocenters. The Morgan fingerprint density at radius 1 is 1.33 bits per heavy atom. The number of ether oxygens (including phenoxy) is 2. The molecule has 0 bridgehead atoms. The van der Waals surface area contributed by atoms with Crippen LogP contribution in [0.3, 0.4) is 0 Å². The maximum Gasteiger partial charge on any atom is 0.122 e. The van der Waals surface area contributed by atoms with Crippen LogP contribution in [-0.2, 0) is 4.74 Å². The van der Waals surface area contributed by atoms with Crippen molar-refractivity contribution >= 4 is 0 Å². The predicted octanol–water partition coefficient (Wildman–Crippen LogP) is 1.28. The maximum atomic E-state index is 9.73. The highest BCUT2D eigenvalue weighted by Gasteiger charge is 2.06. The monoisotopic (exact) mass is 253 g/mol. The van der Waals surface area contributed by atoms with Gasteiger partial charge in [0.1, 0.15) is 18.5 Å². The van der Waals surface area contributed by atoms with Gasteiger partial charge in [0, 0.05) is 20.2 Å². The topological polar surface area (TPSA) is 50.7 Å². The predicted molar refractivity (Wildman–Crippen MR) is 72.2 cm³/mol. The first-order chi connectivity index (χ1) is 8.63. The highest BCUT2D eigenvalue weighted by atomic mass is 16.5. The Morgan fingerprint density at radius 2 is 2.11 bits per heavy atom. The molecule has 0 aliphatic rings. The van der Waals surface area contributed by atoms with Gasteiger partial charge >= 0.3 is 0 Å². The van der Waals surface area contributed by atoms with Crippen molar-refractivity contribution in [3.8, 4) is 5.75 Å².